The van der Waals surface area contributed by atoms with Crippen LogP contribution in [0.25, 0.3) is 0 Å². The van der Waals surface area contributed by atoms with E-state index in [1.807, 2.05) is 0 Å². The Labute approximate surface area is 113 Å². The molecule has 0 atom stereocenters. The summed E-state index contributed by atoms with van der Waals surface area (Å²) in [7, 11) is -3.73. The maximum atomic E-state index is 12.2. The summed E-state index contributed by atoms with van der Waals surface area (Å²) in [5.74, 6) is 0.250. The topological polar surface area (TPSA) is 85.1 Å². The van der Waals surface area contributed by atoms with Crippen LogP contribution in [0.1, 0.15) is 11.5 Å². The highest BCUT2D eigenvalue weighted by molar-refractivity contribution is 9.10. The molecule has 2 aromatic rings. The van der Waals surface area contributed by atoms with Crippen LogP contribution in [0.3, 0.4) is 0 Å². The van der Waals surface area contributed by atoms with Gasteiger partial charge in [0.05, 0.1) is 5.69 Å². The van der Waals surface area contributed by atoms with E-state index in [9.17, 15) is 8.42 Å². The van der Waals surface area contributed by atoms with Crippen LogP contribution in [0.4, 0.5) is 5.69 Å². The van der Waals surface area contributed by atoms with E-state index < -0.39 is 10.0 Å². The maximum absolute atomic E-state index is 12.2. The molecule has 2 heterocycles. The molecule has 6 nitrogen and oxygen atoms in total. The zero-order valence-electron chi connectivity index (χ0n) is 9.64. The highest BCUT2D eigenvalue weighted by Gasteiger charge is 2.24. The number of rotatable bonds is 3. The summed E-state index contributed by atoms with van der Waals surface area (Å²) in [6.07, 6.45) is 1.55. The van der Waals surface area contributed by atoms with Crippen molar-refractivity contribution < 1.29 is 12.9 Å². The first-order valence-electron chi connectivity index (χ1n) is 4.98. The van der Waals surface area contributed by atoms with Gasteiger partial charge in [0.25, 0.3) is 10.0 Å². The number of sulfonamides is 1. The fourth-order valence-corrected chi connectivity index (χ4v) is 3.40. The van der Waals surface area contributed by atoms with E-state index in [4.69, 9.17) is 4.52 Å². The van der Waals surface area contributed by atoms with Gasteiger partial charge in [0, 0.05) is 6.20 Å². The smallest absolute Gasteiger partial charge is 0.267 e. The van der Waals surface area contributed by atoms with Gasteiger partial charge in [0.2, 0.25) is 0 Å². The second-order valence-electron chi connectivity index (χ2n) is 3.60. The number of hydrogen-bond donors (Lipinski definition) is 1. The van der Waals surface area contributed by atoms with E-state index in [0.29, 0.717) is 16.0 Å². The SMILES string of the molecule is Cc1noc(C)c1S(=O)(=O)Nc1cccnc1Br. The zero-order valence-corrected chi connectivity index (χ0v) is 12.0. The molecule has 0 saturated heterocycles. The molecule has 1 N–H and O–H groups in total. The molecule has 8 heteroatoms. The standard InChI is InChI=1S/C10H10BrN3O3S/c1-6-9(7(2)17-13-6)18(15,16)14-8-4-3-5-12-10(8)11/h3-5,14H,1-2H3. The van der Waals surface area contributed by atoms with Gasteiger partial charge in [-0.05, 0) is 41.9 Å². The molecule has 0 aliphatic carbocycles. The highest BCUT2D eigenvalue weighted by atomic mass is 79.9. The van der Waals surface area contributed by atoms with Crippen molar-refractivity contribution in [3.8, 4) is 0 Å². The van der Waals surface area contributed by atoms with Gasteiger partial charge < -0.3 is 4.52 Å². The summed E-state index contributed by atoms with van der Waals surface area (Å²) < 4.78 is 32.1. The lowest BCUT2D eigenvalue weighted by Crippen LogP contribution is -2.15. The fourth-order valence-electron chi connectivity index (χ4n) is 1.52. The zero-order chi connectivity index (χ0) is 13.3. The van der Waals surface area contributed by atoms with Crippen LogP contribution in [0.15, 0.2) is 32.4 Å². The maximum Gasteiger partial charge on any atom is 0.267 e. The minimum absolute atomic E-state index is 0.0539. The van der Waals surface area contributed by atoms with Gasteiger partial charge in [0.15, 0.2) is 10.7 Å². The lowest BCUT2D eigenvalue weighted by Gasteiger charge is -2.08. The molecular weight excluding hydrogens is 322 g/mol. The summed E-state index contributed by atoms with van der Waals surface area (Å²) in [6, 6.07) is 3.24. The van der Waals surface area contributed by atoms with Crippen LogP contribution in [0, 0.1) is 13.8 Å². The number of anilines is 1. The Hall–Kier alpha value is -1.41. The van der Waals surface area contributed by atoms with Gasteiger partial charge in [0.1, 0.15) is 10.3 Å². The van der Waals surface area contributed by atoms with Crippen molar-refractivity contribution in [2.45, 2.75) is 18.7 Å². The summed E-state index contributed by atoms with van der Waals surface area (Å²) in [6.45, 7) is 3.12. The van der Waals surface area contributed by atoms with Gasteiger partial charge in [-0.25, -0.2) is 13.4 Å². The third-order valence-electron chi connectivity index (χ3n) is 2.24. The molecule has 0 aromatic carbocycles. The van der Waals surface area contributed by atoms with Crippen molar-refractivity contribution in [2.24, 2.45) is 0 Å². The lowest BCUT2D eigenvalue weighted by molar-refractivity contribution is 0.390. The fraction of sp³-hybridized carbons (Fsp3) is 0.200. The van der Waals surface area contributed by atoms with E-state index in [1.165, 1.54) is 0 Å². The van der Waals surface area contributed by atoms with Crippen LogP contribution in [0.2, 0.25) is 0 Å². The lowest BCUT2D eigenvalue weighted by atomic mass is 10.4. The van der Waals surface area contributed by atoms with Crippen molar-refractivity contribution in [1.82, 2.24) is 10.1 Å². The van der Waals surface area contributed by atoms with E-state index >= 15 is 0 Å². The van der Waals surface area contributed by atoms with Gasteiger partial charge in [-0.3, -0.25) is 4.72 Å². The van der Waals surface area contributed by atoms with Crippen LogP contribution >= 0.6 is 15.9 Å². The molecule has 18 heavy (non-hydrogen) atoms. The second kappa shape index (κ2) is 4.69. The predicted octanol–water partition coefficient (Wildman–Crippen LogP) is 2.25. The molecule has 0 amide bonds. The quantitative estimate of drug-likeness (QED) is 0.872. The average molecular weight is 332 g/mol. The molecule has 0 aliphatic rings. The third kappa shape index (κ3) is 2.39. The van der Waals surface area contributed by atoms with Gasteiger partial charge >= 0.3 is 0 Å². The molecule has 0 unspecified atom stereocenters. The summed E-state index contributed by atoms with van der Waals surface area (Å²) in [5, 5.41) is 3.62. The number of nitrogens with one attached hydrogen (secondary N) is 1. The Morgan fingerprint density at radius 1 is 1.39 bits per heavy atom. The Kier molecular flexibility index (Phi) is 3.40. The van der Waals surface area contributed by atoms with E-state index in [-0.39, 0.29) is 10.7 Å². The van der Waals surface area contributed by atoms with Gasteiger partial charge in [-0.2, -0.15) is 0 Å². The molecule has 0 aliphatic heterocycles. The number of aryl methyl sites for hydroxylation is 2. The molecule has 96 valence electrons. The Balaban J connectivity index is 2.43. The number of nitrogens with zero attached hydrogens (tertiary/aromatic N) is 2. The molecule has 0 spiro atoms. The van der Waals surface area contributed by atoms with Crippen molar-refractivity contribution >= 4 is 31.6 Å². The minimum atomic E-state index is -3.73. The van der Waals surface area contributed by atoms with Crippen LogP contribution in [-0.2, 0) is 10.0 Å². The summed E-state index contributed by atoms with van der Waals surface area (Å²) in [5.41, 5.74) is 0.678. The second-order valence-corrected chi connectivity index (χ2v) is 5.97. The Morgan fingerprint density at radius 2 is 2.11 bits per heavy atom. The van der Waals surface area contributed by atoms with Gasteiger partial charge in [-0.1, -0.05) is 5.16 Å². The molecule has 0 radical (unpaired) electrons. The largest absolute Gasteiger partial charge is 0.360 e. The first-order valence-corrected chi connectivity index (χ1v) is 7.25. The molecule has 0 saturated carbocycles. The minimum Gasteiger partial charge on any atom is -0.360 e. The average Bonchev–Trinajstić information content (AvgIpc) is 2.62. The molecule has 2 aromatic heterocycles. The van der Waals surface area contributed by atoms with Crippen LogP contribution < -0.4 is 4.72 Å². The Morgan fingerprint density at radius 3 is 2.67 bits per heavy atom. The highest BCUT2D eigenvalue weighted by Crippen LogP contribution is 2.25. The van der Waals surface area contributed by atoms with Crippen molar-refractivity contribution in [1.29, 1.82) is 0 Å². The molecular formula is C10H10BrN3O3S. The van der Waals surface area contributed by atoms with Crippen molar-refractivity contribution in [3.05, 3.63) is 34.4 Å². The van der Waals surface area contributed by atoms with Crippen LogP contribution in [-0.4, -0.2) is 18.6 Å². The van der Waals surface area contributed by atoms with Crippen molar-refractivity contribution in [2.75, 3.05) is 4.72 Å². The van der Waals surface area contributed by atoms with Crippen LogP contribution in [0.5, 0.6) is 0 Å². The van der Waals surface area contributed by atoms with E-state index in [0.717, 1.165) is 0 Å². The van der Waals surface area contributed by atoms with Crippen molar-refractivity contribution in [3.63, 3.8) is 0 Å². The monoisotopic (exact) mass is 331 g/mol. The first kappa shape index (κ1) is 13.0. The third-order valence-corrected chi connectivity index (χ3v) is 4.48. The van der Waals surface area contributed by atoms with E-state index in [2.05, 4.69) is 30.8 Å². The number of hydrogen-bond acceptors (Lipinski definition) is 5. The summed E-state index contributed by atoms with van der Waals surface area (Å²) in [4.78, 5) is 3.99. The summed E-state index contributed by atoms with van der Waals surface area (Å²) >= 11 is 3.17. The molecule has 2 rings (SSSR count). The number of halogens is 1. The number of aromatic nitrogens is 2. The Bertz CT molecular complexity index is 662. The van der Waals surface area contributed by atoms with Gasteiger partial charge in [-0.15, -0.1) is 0 Å². The molecule has 0 fully saturated rings. The van der Waals surface area contributed by atoms with E-state index in [1.54, 1.807) is 32.2 Å². The first-order chi connectivity index (χ1) is 8.42. The normalized spacial score (nSPS) is 11.5. The molecule has 0 bridgehead atoms. The number of pyridine rings is 1. The predicted molar refractivity (Wildman–Crippen MR) is 68.7 cm³/mol.